The fourth-order valence-corrected chi connectivity index (χ4v) is 7.20. The molecule has 3 aromatic carbocycles. The highest BCUT2D eigenvalue weighted by Crippen LogP contribution is 2.60. The Morgan fingerprint density at radius 2 is 1.38 bits per heavy atom. The number of rotatable bonds is 2. The third kappa shape index (κ3) is 4.04. The van der Waals surface area contributed by atoms with Gasteiger partial charge in [-0.2, -0.15) is 0 Å². The lowest BCUT2D eigenvalue weighted by Crippen LogP contribution is -2.44. The Balaban J connectivity index is 1.75. The summed E-state index contributed by atoms with van der Waals surface area (Å²) in [6, 6.07) is 20.5. The standard InChI is InChI=1S/C37H44/c1-24-32(34(2,3)4)18-17-29-30(22-25-15-16-26-13-11-12-14-27(26)21-25)28-19-20-37(35(5,6)7,36(8,9)10)23-31(28)33(24)29/h11-21,23H,22H2,1-10H3. The molecular formula is C37H44. The lowest BCUT2D eigenvalue weighted by Gasteiger charge is -2.52. The molecule has 2 aliphatic carbocycles. The maximum Gasteiger partial charge on any atom is 0.0171 e. The molecule has 0 aromatic heterocycles. The molecule has 192 valence electrons. The molecule has 0 atom stereocenters. The summed E-state index contributed by atoms with van der Waals surface area (Å²) in [6.45, 7) is 23.8. The molecular weight excluding hydrogens is 444 g/mol. The van der Waals surface area contributed by atoms with Crippen molar-refractivity contribution >= 4 is 21.9 Å². The van der Waals surface area contributed by atoms with E-state index in [9.17, 15) is 0 Å². The Bertz CT molecular complexity index is 1470. The minimum atomic E-state index is -0.0430. The van der Waals surface area contributed by atoms with Crippen LogP contribution in [-0.2, 0) is 11.8 Å². The molecule has 0 radical (unpaired) electrons. The highest BCUT2D eigenvalue weighted by atomic mass is 14.5. The van der Waals surface area contributed by atoms with Crippen LogP contribution in [0.1, 0.15) is 90.1 Å². The Morgan fingerprint density at radius 3 is 2.00 bits per heavy atom. The molecule has 0 nitrogen and oxygen atoms in total. The molecule has 0 fully saturated rings. The van der Waals surface area contributed by atoms with Gasteiger partial charge in [0.15, 0.2) is 0 Å². The number of hydrogen-bond acceptors (Lipinski definition) is 0. The van der Waals surface area contributed by atoms with Crippen molar-refractivity contribution in [2.24, 2.45) is 16.2 Å². The third-order valence-electron chi connectivity index (χ3n) is 9.04. The van der Waals surface area contributed by atoms with Crippen LogP contribution in [0.25, 0.3) is 21.9 Å². The highest BCUT2D eigenvalue weighted by molar-refractivity contribution is 6.05. The summed E-state index contributed by atoms with van der Waals surface area (Å²) in [4.78, 5) is 0. The summed E-state index contributed by atoms with van der Waals surface area (Å²) in [5, 5.41) is 2.62. The van der Waals surface area contributed by atoms with E-state index in [1.807, 2.05) is 0 Å². The molecule has 0 N–H and O–H groups in total. The van der Waals surface area contributed by atoms with E-state index in [1.54, 1.807) is 0 Å². The zero-order valence-corrected chi connectivity index (χ0v) is 24.6. The van der Waals surface area contributed by atoms with Crippen molar-refractivity contribution in [3.05, 3.63) is 106 Å². The molecule has 0 heteroatoms. The van der Waals surface area contributed by atoms with Crippen LogP contribution in [0.4, 0.5) is 0 Å². The number of hydrogen-bond donors (Lipinski definition) is 0. The SMILES string of the molecule is Cc1c(C(C)(C)C)ccc2c1C1=CC(C(C)(C)C)(C(C)(C)C)C=CC1=C2Cc1ccc2ccccc2c1. The van der Waals surface area contributed by atoms with E-state index in [1.165, 1.54) is 55.3 Å². The Morgan fingerprint density at radius 1 is 0.730 bits per heavy atom. The van der Waals surface area contributed by atoms with E-state index in [0.717, 1.165) is 6.42 Å². The smallest absolute Gasteiger partial charge is 0.0171 e. The van der Waals surface area contributed by atoms with Gasteiger partial charge in [0.05, 0.1) is 0 Å². The second-order valence-corrected chi connectivity index (χ2v) is 14.4. The molecule has 0 bridgehead atoms. The van der Waals surface area contributed by atoms with Gasteiger partial charge in [-0.25, -0.2) is 0 Å². The van der Waals surface area contributed by atoms with E-state index in [-0.39, 0.29) is 21.7 Å². The number of allylic oxidation sites excluding steroid dienone is 6. The normalized spacial score (nSPS) is 17.2. The van der Waals surface area contributed by atoms with Crippen molar-refractivity contribution < 1.29 is 0 Å². The Kier molecular flexibility index (Phi) is 5.80. The molecule has 0 saturated carbocycles. The van der Waals surface area contributed by atoms with Crippen LogP contribution >= 0.6 is 0 Å². The van der Waals surface area contributed by atoms with Gasteiger partial charge in [-0.1, -0.05) is 135 Å². The van der Waals surface area contributed by atoms with Gasteiger partial charge in [0.2, 0.25) is 0 Å². The predicted molar refractivity (Wildman–Crippen MR) is 163 cm³/mol. The molecule has 37 heavy (non-hydrogen) atoms. The van der Waals surface area contributed by atoms with Gasteiger partial charge >= 0.3 is 0 Å². The monoisotopic (exact) mass is 488 g/mol. The van der Waals surface area contributed by atoms with Crippen molar-refractivity contribution in [2.75, 3.05) is 0 Å². The van der Waals surface area contributed by atoms with Gasteiger partial charge in [-0.15, -0.1) is 0 Å². The molecule has 2 aliphatic rings. The zero-order valence-electron chi connectivity index (χ0n) is 24.6. The Labute approximate surface area is 225 Å². The number of benzene rings is 3. The van der Waals surface area contributed by atoms with E-state index < -0.39 is 0 Å². The van der Waals surface area contributed by atoms with Crippen molar-refractivity contribution in [3.8, 4) is 0 Å². The second kappa shape index (κ2) is 8.32. The molecule has 5 rings (SSSR count). The van der Waals surface area contributed by atoms with Crippen LogP contribution in [-0.4, -0.2) is 0 Å². The maximum atomic E-state index is 2.65. The first-order chi connectivity index (χ1) is 17.1. The third-order valence-corrected chi connectivity index (χ3v) is 9.04. The highest BCUT2D eigenvalue weighted by Gasteiger charge is 2.49. The summed E-state index contributed by atoms with van der Waals surface area (Å²) in [6.07, 6.45) is 8.59. The minimum absolute atomic E-state index is 0.0430. The van der Waals surface area contributed by atoms with Gasteiger partial charge in [-0.05, 0) is 84.9 Å². The van der Waals surface area contributed by atoms with Gasteiger partial charge in [-0.3, -0.25) is 0 Å². The van der Waals surface area contributed by atoms with Crippen LogP contribution in [0.3, 0.4) is 0 Å². The Hall–Kier alpha value is -2.86. The van der Waals surface area contributed by atoms with Gasteiger partial charge < -0.3 is 0 Å². The van der Waals surface area contributed by atoms with Crippen LogP contribution in [0.2, 0.25) is 0 Å². The van der Waals surface area contributed by atoms with Crippen LogP contribution < -0.4 is 0 Å². The van der Waals surface area contributed by atoms with Crippen molar-refractivity contribution in [1.82, 2.24) is 0 Å². The number of fused-ring (bicyclic) bond motifs is 4. The molecule has 0 spiro atoms. The molecule has 0 unspecified atom stereocenters. The van der Waals surface area contributed by atoms with E-state index in [0.29, 0.717) is 0 Å². The molecule has 0 heterocycles. The fourth-order valence-electron chi connectivity index (χ4n) is 7.20. The van der Waals surface area contributed by atoms with Crippen LogP contribution in [0.15, 0.2) is 78.4 Å². The summed E-state index contributed by atoms with van der Waals surface area (Å²) >= 11 is 0. The van der Waals surface area contributed by atoms with Gasteiger partial charge in [0.25, 0.3) is 0 Å². The van der Waals surface area contributed by atoms with Gasteiger partial charge in [0, 0.05) is 5.41 Å². The first-order valence-corrected chi connectivity index (χ1v) is 13.9. The second-order valence-electron chi connectivity index (χ2n) is 14.4. The lowest BCUT2D eigenvalue weighted by molar-refractivity contribution is 0.0669. The molecule has 0 amide bonds. The largest absolute Gasteiger partial charge is 0.0728 e. The lowest BCUT2D eigenvalue weighted by atomic mass is 9.52. The van der Waals surface area contributed by atoms with E-state index in [2.05, 4.69) is 142 Å². The fraction of sp³-hybridized carbons (Fsp3) is 0.405. The molecule has 3 aromatic rings. The molecule has 0 aliphatic heterocycles. The van der Waals surface area contributed by atoms with Crippen LogP contribution in [0.5, 0.6) is 0 Å². The predicted octanol–water partition coefficient (Wildman–Crippen LogP) is 10.5. The quantitative estimate of drug-likeness (QED) is 0.336. The summed E-state index contributed by atoms with van der Waals surface area (Å²) < 4.78 is 0. The molecule has 0 saturated heterocycles. The van der Waals surface area contributed by atoms with E-state index in [4.69, 9.17) is 0 Å². The average molecular weight is 489 g/mol. The maximum absolute atomic E-state index is 2.65. The topological polar surface area (TPSA) is 0 Å². The van der Waals surface area contributed by atoms with Crippen molar-refractivity contribution in [1.29, 1.82) is 0 Å². The van der Waals surface area contributed by atoms with Crippen molar-refractivity contribution in [2.45, 2.75) is 81.1 Å². The zero-order chi connectivity index (χ0) is 27.0. The first-order valence-electron chi connectivity index (χ1n) is 13.9. The van der Waals surface area contributed by atoms with Crippen LogP contribution in [0, 0.1) is 23.2 Å². The average Bonchev–Trinajstić information content (AvgIpc) is 3.10. The van der Waals surface area contributed by atoms with E-state index >= 15 is 0 Å². The van der Waals surface area contributed by atoms with Gasteiger partial charge in [0.1, 0.15) is 0 Å². The first kappa shape index (κ1) is 25.8. The van der Waals surface area contributed by atoms with Crippen molar-refractivity contribution in [3.63, 3.8) is 0 Å². The summed E-state index contributed by atoms with van der Waals surface area (Å²) in [5.74, 6) is 0. The summed E-state index contributed by atoms with van der Waals surface area (Å²) in [7, 11) is 0. The summed E-state index contributed by atoms with van der Waals surface area (Å²) in [5.41, 5.74) is 11.7. The minimum Gasteiger partial charge on any atom is -0.0728 e.